The third kappa shape index (κ3) is 1.50. The molecule has 4 heteroatoms. The molecule has 1 N–H and O–H groups in total. The molecule has 0 aliphatic carbocycles. The Morgan fingerprint density at radius 2 is 2.50 bits per heavy atom. The van der Waals surface area contributed by atoms with E-state index in [9.17, 15) is 4.79 Å². The minimum absolute atomic E-state index is 0.0176. The summed E-state index contributed by atoms with van der Waals surface area (Å²) in [5.41, 5.74) is 0. The van der Waals surface area contributed by atoms with Crippen molar-refractivity contribution in [2.45, 2.75) is 13.0 Å². The number of hydrogen-bond acceptors (Lipinski definition) is 3. The smallest absolute Gasteiger partial charge is 0.249 e. The Kier molecular flexibility index (Phi) is 2.32. The first-order valence-electron chi connectivity index (χ1n) is 3.10. The summed E-state index contributed by atoms with van der Waals surface area (Å²) in [6.45, 7) is 1.79. The molecule has 0 saturated heterocycles. The summed E-state index contributed by atoms with van der Waals surface area (Å²) in [7, 11) is 0. The van der Waals surface area contributed by atoms with Crippen LogP contribution in [-0.4, -0.2) is 29.8 Å². The highest BCUT2D eigenvalue weighted by molar-refractivity contribution is 7.99. The zero-order chi connectivity index (χ0) is 7.56. The van der Waals surface area contributed by atoms with Gasteiger partial charge in [-0.3, -0.25) is 9.79 Å². The van der Waals surface area contributed by atoms with Crippen LogP contribution in [0.4, 0.5) is 0 Å². The number of amides is 1. The third-order valence-electron chi connectivity index (χ3n) is 1.28. The highest BCUT2D eigenvalue weighted by Gasteiger charge is 2.20. The number of aliphatic imine (C=N–C) groups is 1. The SMILES string of the molecule is CSCC1=NC(C)C(=O)N1. The zero-order valence-corrected chi connectivity index (χ0v) is 6.86. The number of carbonyl (C=O) groups excluding carboxylic acids is 1. The maximum absolute atomic E-state index is 10.8. The van der Waals surface area contributed by atoms with E-state index in [2.05, 4.69) is 10.3 Å². The molecule has 1 atom stereocenters. The number of thioether (sulfide) groups is 1. The van der Waals surface area contributed by atoms with Crippen molar-refractivity contribution >= 4 is 23.5 Å². The summed E-state index contributed by atoms with van der Waals surface area (Å²) in [5.74, 6) is 1.63. The van der Waals surface area contributed by atoms with Crippen LogP contribution >= 0.6 is 11.8 Å². The summed E-state index contributed by atoms with van der Waals surface area (Å²) in [6.07, 6.45) is 1.98. The molecule has 0 fully saturated rings. The fourth-order valence-electron chi connectivity index (χ4n) is 0.781. The van der Waals surface area contributed by atoms with Gasteiger partial charge in [-0.05, 0) is 13.2 Å². The molecule has 1 aliphatic rings. The molecule has 0 aromatic carbocycles. The van der Waals surface area contributed by atoms with Gasteiger partial charge >= 0.3 is 0 Å². The van der Waals surface area contributed by atoms with E-state index in [0.717, 1.165) is 11.6 Å². The lowest BCUT2D eigenvalue weighted by atomic mass is 10.4. The molecule has 0 saturated carbocycles. The van der Waals surface area contributed by atoms with Gasteiger partial charge in [-0.15, -0.1) is 0 Å². The Hall–Kier alpha value is -0.510. The average Bonchev–Trinajstić information content (AvgIpc) is 2.14. The average molecular weight is 158 g/mol. The molecule has 3 nitrogen and oxygen atoms in total. The summed E-state index contributed by atoms with van der Waals surface area (Å²) in [6, 6.07) is -0.179. The van der Waals surface area contributed by atoms with Gasteiger partial charge in [0.25, 0.3) is 0 Å². The van der Waals surface area contributed by atoms with Crippen molar-refractivity contribution in [1.82, 2.24) is 5.32 Å². The van der Waals surface area contributed by atoms with E-state index in [1.807, 2.05) is 6.26 Å². The van der Waals surface area contributed by atoms with E-state index in [1.54, 1.807) is 18.7 Å². The van der Waals surface area contributed by atoms with Crippen LogP contribution in [0, 0.1) is 0 Å². The molecule has 1 unspecified atom stereocenters. The summed E-state index contributed by atoms with van der Waals surface area (Å²) < 4.78 is 0. The van der Waals surface area contributed by atoms with Crippen LogP contribution in [0.25, 0.3) is 0 Å². The van der Waals surface area contributed by atoms with Gasteiger partial charge in [-0.2, -0.15) is 11.8 Å². The minimum Gasteiger partial charge on any atom is -0.312 e. The lowest BCUT2D eigenvalue weighted by molar-refractivity contribution is -0.119. The molecule has 0 radical (unpaired) electrons. The Morgan fingerprint density at radius 1 is 1.80 bits per heavy atom. The highest BCUT2D eigenvalue weighted by atomic mass is 32.2. The van der Waals surface area contributed by atoms with Crippen molar-refractivity contribution in [1.29, 1.82) is 0 Å². The fourth-order valence-corrected chi connectivity index (χ4v) is 1.20. The second-order valence-corrected chi connectivity index (χ2v) is 3.04. The van der Waals surface area contributed by atoms with Gasteiger partial charge in [0.2, 0.25) is 5.91 Å². The van der Waals surface area contributed by atoms with Crippen LogP contribution in [0.5, 0.6) is 0 Å². The molecule has 10 heavy (non-hydrogen) atoms. The number of hydrogen-bond donors (Lipinski definition) is 1. The molecule has 0 bridgehead atoms. The zero-order valence-electron chi connectivity index (χ0n) is 6.05. The van der Waals surface area contributed by atoms with Gasteiger partial charge in [0.15, 0.2) is 0 Å². The lowest BCUT2D eigenvalue weighted by Gasteiger charge is -1.94. The second kappa shape index (κ2) is 3.05. The molecule has 56 valence electrons. The molecule has 1 heterocycles. The number of nitrogens with zero attached hydrogens (tertiary/aromatic N) is 1. The van der Waals surface area contributed by atoms with Gasteiger partial charge in [-0.1, -0.05) is 0 Å². The predicted octanol–water partition coefficient (Wildman–Crippen LogP) is 0.266. The molecule has 1 rings (SSSR count). The van der Waals surface area contributed by atoms with Crippen molar-refractivity contribution in [3.63, 3.8) is 0 Å². The monoisotopic (exact) mass is 158 g/mol. The van der Waals surface area contributed by atoms with Gasteiger partial charge in [0.1, 0.15) is 11.9 Å². The van der Waals surface area contributed by atoms with E-state index in [1.165, 1.54) is 0 Å². The van der Waals surface area contributed by atoms with Crippen molar-refractivity contribution in [3.05, 3.63) is 0 Å². The number of amidine groups is 1. The van der Waals surface area contributed by atoms with Crippen LogP contribution in [0.1, 0.15) is 6.92 Å². The molecule has 0 spiro atoms. The van der Waals surface area contributed by atoms with Crippen LogP contribution in [-0.2, 0) is 4.79 Å². The first-order valence-corrected chi connectivity index (χ1v) is 4.50. The van der Waals surface area contributed by atoms with Crippen LogP contribution < -0.4 is 5.32 Å². The molecule has 0 aromatic rings. The van der Waals surface area contributed by atoms with E-state index in [0.29, 0.717) is 0 Å². The maximum Gasteiger partial charge on any atom is 0.249 e. The van der Waals surface area contributed by atoms with Crippen molar-refractivity contribution in [3.8, 4) is 0 Å². The Bertz CT molecular complexity index is 179. The number of carbonyl (C=O) groups is 1. The third-order valence-corrected chi connectivity index (χ3v) is 1.84. The summed E-state index contributed by atoms with van der Waals surface area (Å²) in [5, 5.41) is 2.69. The van der Waals surface area contributed by atoms with E-state index >= 15 is 0 Å². The van der Waals surface area contributed by atoms with Gasteiger partial charge < -0.3 is 5.32 Å². The van der Waals surface area contributed by atoms with Crippen molar-refractivity contribution in [2.24, 2.45) is 4.99 Å². The van der Waals surface area contributed by atoms with Crippen molar-refractivity contribution < 1.29 is 4.79 Å². The molecular weight excluding hydrogens is 148 g/mol. The Morgan fingerprint density at radius 3 is 2.90 bits per heavy atom. The van der Waals surface area contributed by atoms with Crippen LogP contribution in [0.3, 0.4) is 0 Å². The largest absolute Gasteiger partial charge is 0.312 e. The van der Waals surface area contributed by atoms with E-state index in [-0.39, 0.29) is 11.9 Å². The molecule has 1 amide bonds. The fraction of sp³-hybridized carbons (Fsp3) is 0.667. The normalized spacial score (nSPS) is 24.4. The topological polar surface area (TPSA) is 41.5 Å². The maximum atomic E-state index is 10.8. The highest BCUT2D eigenvalue weighted by Crippen LogP contribution is 2.02. The Labute approximate surface area is 64.3 Å². The molecular formula is C6H10N2OS. The number of rotatable bonds is 2. The predicted molar refractivity (Wildman–Crippen MR) is 43.4 cm³/mol. The summed E-state index contributed by atoms with van der Waals surface area (Å²) in [4.78, 5) is 14.9. The van der Waals surface area contributed by atoms with E-state index < -0.39 is 0 Å². The first-order chi connectivity index (χ1) is 4.74. The van der Waals surface area contributed by atoms with Gasteiger partial charge in [0.05, 0.1) is 5.75 Å². The quantitative estimate of drug-likeness (QED) is 0.626. The standard InChI is InChI=1S/C6H10N2OS/c1-4-6(9)8-5(7-4)3-10-2/h4H,3H2,1-2H3,(H,7,8,9). The molecule has 1 aliphatic heterocycles. The lowest BCUT2D eigenvalue weighted by Crippen LogP contribution is -2.28. The van der Waals surface area contributed by atoms with Crippen LogP contribution in [0.15, 0.2) is 4.99 Å². The summed E-state index contributed by atoms with van der Waals surface area (Å²) >= 11 is 1.66. The Balaban J connectivity index is 2.50. The van der Waals surface area contributed by atoms with E-state index in [4.69, 9.17) is 0 Å². The minimum atomic E-state index is -0.179. The number of nitrogens with one attached hydrogen (secondary N) is 1. The van der Waals surface area contributed by atoms with Crippen LogP contribution in [0.2, 0.25) is 0 Å². The van der Waals surface area contributed by atoms with Crippen molar-refractivity contribution in [2.75, 3.05) is 12.0 Å². The van der Waals surface area contributed by atoms with Gasteiger partial charge in [-0.25, -0.2) is 0 Å². The first kappa shape index (κ1) is 7.60. The molecule has 0 aromatic heterocycles. The van der Waals surface area contributed by atoms with Gasteiger partial charge in [0, 0.05) is 0 Å². The second-order valence-electron chi connectivity index (χ2n) is 2.17.